The zero-order chi connectivity index (χ0) is 20.7. The minimum absolute atomic E-state index is 0.227. The van der Waals surface area contributed by atoms with E-state index in [1.54, 1.807) is 12.1 Å². The predicted molar refractivity (Wildman–Crippen MR) is 103 cm³/mol. The molecule has 10 nitrogen and oxygen atoms in total. The van der Waals surface area contributed by atoms with Gasteiger partial charge in [0, 0.05) is 6.54 Å². The summed E-state index contributed by atoms with van der Waals surface area (Å²) in [6, 6.07) is 3.41. The van der Waals surface area contributed by atoms with Gasteiger partial charge < -0.3 is 30.5 Å². The summed E-state index contributed by atoms with van der Waals surface area (Å²) in [5.74, 6) is 0.734. The van der Waals surface area contributed by atoms with E-state index < -0.39 is 31.1 Å². The fraction of sp³-hybridized carbons (Fsp3) is 0.421. The minimum Gasteiger partial charge on any atom is -0.508 e. The van der Waals surface area contributed by atoms with Gasteiger partial charge in [-0.15, -0.1) is 0 Å². The van der Waals surface area contributed by atoms with Gasteiger partial charge >= 0.3 is 0 Å². The molecule has 0 bridgehead atoms. The number of nitrogens with zero attached hydrogens (tertiary/aromatic N) is 4. The Hall–Kier alpha value is -2.79. The molecule has 1 aliphatic rings. The average Bonchev–Trinajstić information content (AvgIpc) is 3.23. The third kappa shape index (κ3) is 3.40. The molecule has 4 rings (SSSR count). The molecule has 0 spiro atoms. The molecule has 29 heavy (non-hydrogen) atoms. The van der Waals surface area contributed by atoms with Crippen LogP contribution >= 0.6 is 0 Å². The van der Waals surface area contributed by atoms with Crippen molar-refractivity contribution in [3.8, 4) is 5.75 Å². The number of aryl methyl sites for hydroxylation is 2. The first kappa shape index (κ1) is 19.5. The number of rotatable bonds is 5. The van der Waals surface area contributed by atoms with Crippen LogP contribution in [0.4, 0.5) is 5.82 Å². The summed E-state index contributed by atoms with van der Waals surface area (Å²) >= 11 is 0. The first-order valence-corrected chi connectivity index (χ1v) is 9.23. The van der Waals surface area contributed by atoms with E-state index in [4.69, 9.17) is 4.74 Å². The lowest BCUT2D eigenvalue weighted by molar-refractivity contribution is -0.0511. The number of aromatic nitrogens is 4. The molecule has 1 saturated heterocycles. The monoisotopic (exact) mass is 401 g/mol. The van der Waals surface area contributed by atoms with Gasteiger partial charge in [-0.3, -0.25) is 4.57 Å². The van der Waals surface area contributed by atoms with E-state index in [2.05, 4.69) is 20.3 Å². The van der Waals surface area contributed by atoms with Crippen LogP contribution in [0.15, 0.2) is 24.8 Å². The number of hydrogen-bond acceptors (Lipinski definition) is 9. The quantitative estimate of drug-likeness (QED) is 0.409. The van der Waals surface area contributed by atoms with Gasteiger partial charge in [-0.05, 0) is 42.7 Å². The summed E-state index contributed by atoms with van der Waals surface area (Å²) in [6.07, 6.45) is -1.40. The highest BCUT2D eigenvalue weighted by molar-refractivity contribution is 5.82. The highest BCUT2D eigenvalue weighted by atomic mass is 16.6. The average molecular weight is 401 g/mol. The van der Waals surface area contributed by atoms with Crippen LogP contribution in [0.1, 0.15) is 22.9 Å². The van der Waals surface area contributed by atoms with E-state index in [-0.39, 0.29) is 5.75 Å². The number of fused-ring (bicyclic) bond motifs is 1. The van der Waals surface area contributed by atoms with Gasteiger partial charge in [0.05, 0.1) is 12.9 Å². The van der Waals surface area contributed by atoms with Crippen molar-refractivity contribution in [2.24, 2.45) is 0 Å². The number of aromatic hydroxyl groups is 1. The van der Waals surface area contributed by atoms with Crippen LogP contribution in [0.25, 0.3) is 11.2 Å². The van der Waals surface area contributed by atoms with E-state index in [0.29, 0.717) is 23.5 Å². The Labute approximate surface area is 166 Å². The van der Waals surface area contributed by atoms with Gasteiger partial charge in [0.1, 0.15) is 30.4 Å². The second-order valence-corrected chi connectivity index (χ2v) is 7.19. The van der Waals surface area contributed by atoms with Gasteiger partial charge in [-0.25, -0.2) is 15.0 Å². The maximum absolute atomic E-state index is 10.3. The van der Waals surface area contributed by atoms with Crippen molar-refractivity contribution in [1.82, 2.24) is 19.5 Å². The van der Waals surface area contributed by atoms with Crippen molar-refractivity contribution >= 4 is 17.0 Å². The standard InChI is InChI=1S/C19H23N5O5/c1-9-3-11(26)4-10(2)12(9)5-20-17-14-18(22-7-21-17)24(8-23-14)19-16(28)15(27)13(6-25)29-19/h3-4,7-8,13,15-16,19,25-28H,5-6H2,1-2H3,(H,20,21,22)/t13-,15-,16-,19?/m1/s1. The molecule has 0 amide bonds. The van der Waals surface area contributed by atoms with Crippen molar-refractivity contribution in [3.05, 3.63) is 41.5 Å². The van der Waals surface area contributed by atoms with Crippen LogP contribution in [0.5, 0.6) is 5.75 Å². The van der Waals surface area contributed by atoms with E-state index in [1.807, 2.05) is 13.8 Å². The SMILES string of the molecule is Cc1cc(O)cc(C)c1CNc1ncnc2c1ncn2C1O[C@H](CO)[C@@H](O)[C@H]1O. The lowest BCUT2D eigenvalue weighted by atomic mass is 10.0. The minimum atomic E-state index is -1.22. The Bertz CT molecular complexity index is 1020. The largest absolute Gasteiger partial charge is 0.508 e. The molecule has 0 radical (unpaired) electrons. The second-order valence-electron chi connectivity index (χ2n) is 7.19. The van der Waals surface area contributed by atoms with Gasteiger partial charge in [0.2, 0.25) is 0 Å². The normalized spacial score (nSPS) is 24.3. The number of imidazole rings is 1. The molecule has 1 aromatic carbocycles. The molecule has 2 aromatic heterocycles. The number of benzene rings is 1. The smallest absolute Gasteiger partial charge is 0.167 e. The summed E-state index contributed by atoms with van der Waals surface area (Å²) in [5.41, 5.74) is 3.86. The maximum atomic E-state index is 10.3. The molecule has 0 aliphatic carbocycles. The van der Waals surface area contributed by atoms with Crippen LogP contribution in [0, 0.1) is 13.8 Å². The Morgan fingerprint density at radius 1 is 1.10 bits per heavy atom. The number of aliphatic hydroxyl groups excluding tert-OH is 3. The molecule has 10 heteroatoms. The molecule has 154 valence electrons. The van der Waals surface area contributed by atoms with Gasteiger partial charge in [0.15, 0.2) is 23.2 Å². The summed E-state index contributed by atoms with van der Waals surface area (Å²) < 4.78 is 7.08. The third-order valence-corrected chi connectivity index (χ3v) is 5.26. The van der Waals surface area contributed by atoms with Crippen LogP contribution < -0.4 is 5.32 Å². The summed E-state index contributed by atoms with van der Waals surface area (Å²) in [5, 5.41) is 42.5. The van der Waals surface area contributed by atoms with Crippen molar-refractivity contribution in [3.63, 3.8) is 0 Å². The molecule has 3 heterocycles. The van der Waals surface area contributed by atoms with Crippen molar-refractivity contribution < 1.29 is 25.2 Å². The molecule has 4 atom stereocenters. The van der Waals surface area contributed by atoms with E-state index in [0.717, 1.165) is 16.7 Å². The molecule has 1 fully saturated rings. The molecule has 3 aromatic rings. The molecule has 1 unspecified atom stereocenters. The molecule has 0 saturated carbocycles. The molecular formula is C19H23N5O5. The van der Waals surface area contributed by atoms with Crippen LogP contribution in [0.2, 0.25) is 0 Å². The van der Waals surface area contributed by atoms with Crippen molar-refractivity contribution in [1.29, 1.82) is 0 Å². The fourth-order valence-corrected chi connectivity index (χ4v) is 3.70. The summed E-state index contributed by atoms with van der Waals surface area (Å²) in [4.78, 5) is 12.8. The highest BCUT2D eigenvalue weighted by Gasteiger charge is 2.44. The number of phenolic OH excluding ortho intramolecular Hbond substituents is 1. The lowest BCUT2D eigenvalue weighted by Crippen LogP contribution is -2.33. The molecular weight excluding hydrogens is 378 g/mol. The fourth-order valence-electron chi connectivity index (χ4n) is 3.70. The lowest BCUT2D eigenvalue weighted by Gasteiger charge is -2.16. The number of ether oxygens (including phenoxy) is 1. The molecule has 1 aliphatic heterocycles. The van der Waals surface area contributed by atoms with Gasteiger partial charge in [-0.2, -0.15) is 0 Å². The Balaban J connectivity index is 1.62. The number of nitrogens with one attached hydrogen (secondary N) is 1. The topological polar surface area (TPSA) is 146 Å². The summed E-state index contributed by atoms with van der Waals surface area (Å²) in [7, 11) is 0. The number of anilines is 1. The highest BCUT2D eigenvalue weighted by Crippen LogP contribution is 2.32. The van der Waals surface area contributed by atoms with E-state index in [1.165, 1.54) is 17.2 Å². The summed E-state index contributed by atoms with van der Waals surface area (Å²) in [6.45, 7) is 3.92. The Kier molecular flexibility index (Phi) is 5.09. The van der Waals surface area contributed by atoms with Crippen LogP contribution in [0.3, 0.4) is 0 Å². The first-order valence-electron chi connectivity index (χ1n) is 9.23. The zero-order valence-corrected chi connectivity index (χ0v) is 16.0. The number of aliphatic hydroxyl groups is 3. The van der Waals surface area contributed by atoms with E-state index in [9.17, 15) is 20.4 Å². The van der Waals surface area contributed by atoms with Gasteiger partial charge in [-0.1, -0.05) is 0 Å². The Morgan fingerprint density at radius 3 is 2.48 bits per heavy atom. The van der Waals surface area contributed by atoms with Gasteiger partial charge in [0.25, 0.3) is 0 Å². The van der Waals surface area contributed by atoms with Crippen molar-refractivity contribution in [2.45, 2.75) is 44.9 Å². The van der Waals surface area contributed by atoms with Crippen LogP contribution in [-0.2, 0) is 11.3 Å². The first-order chi connectivity index (χ1) is 13.9. The maximum Gasteiger partial charge on any atom is 0.167 e. The van der Waals surface area contributed by atoms with Crippen LogP contribution in [-0.4, -0.2) is 64.9 Å². The van der Waals surface area contributed by atoms with Crippen molar-refractivity contribution in [2.75, 3.05) is 11.9 Å². The Morgan fingerprint density at radius 2 is 1.83 bits per heavy atom. The van der Waals surface area contributed by atoms with E-state index >= 15 is 0 Å². The third-order valence-electron chi connectivity index (χ3n) is 5.26. The molecule has 5 N–H and O–H groups in total. The number of hydrogen-bond donors (Lipinski definition) is 5. The predicted octanol–water partition coefficient (Wildman–Crippen LogP) is 0.372. The number of phenols is 1. The second kappa shape index (κ2) is 7.56. The zero-order valence-electron chi connectivity index (χ0n) is 16.0.